The molecule has 1 N–H and O–H groups in total. The molecule has 0 amide bonds. The quantitative estimate of drug-likeness (QED) is 0.678. The highest BCUT2D eigenvalue weighted by Gasteiger charge is 2.05. The molecule has 0 saturated carbocycles. The van der Waals surface area contributed by atoms with Crippen LogP contribution in [0.15, 0.2) is 58.9 Å². The Morgan fingerprint density at radius 1 is 1.04 bits per heavy atom. The van der Waals surface area contributed by atoms with E-state index in [0.717, 1.165) is 27.3 Å². The maximum absolute atomic E-state index is 8.92. The van der Waals surface area contributed by atoms with E-state index >= 15 is 0 Å². The molecule has 0 saturated heterocycles. The van der Waals surface area contributed by atoms with Crippen molar-refractivity contribution in [3.8, 4) is 6.07 Å². The number of hydrogen-bond acceptors (Lipinski definition) is 6. The third-order valence-corrected chi connectivity index (χ3v) is 5.20. The first-order chi connectivity index (χ1) is 11.3. The summed E-state index contributed by atoms with van der Waals surface area (Å²) in [7, 11) is 0. The summed E-state index contributed by atoms with van der Waals surface area (Å²) in [6, 6.07) is 20.0. The van der Waals surface area contributed by atoms with Crippen LogP contribution in [0.1, 0.15) is 16.7 Å². The second kappa shape index (κ2) is 7.77. The Balaban J connectivity index is 1.54. The predicted molar refractivity (Wildman–Crippen MR) is 94.4 cm³/mol. The molecule has 0 unspecified atom stereocenters. The van der Waals surface area contributed by atoms with Crippen LogP contribution in [0.4, 0.5) is 5.13 Å². The monoisotopic (exact) mass is 338 g/mol. The van der Waals surface area contributed by atoms with E-state index < -0.39 is 0 Å². The molecule has 114 valence electrons. The Bertz CT molecular complexity index is 809. The molecule has 0 atom stereocenters. The molecular formula is C17H14N4S2. The lowest BCUT2D eigenvalue weighted by Crippen LogP contribution is -1.98. The van der Waals surface area contributed by atoms with Gasteiger partial charge >= 0.3 is 0 Å². The van der Waals surface area contributed by atoms with Crippen LogP contribution in [-0.4, -0.2) is 10.2 Å². The lowest BCUT2D eigenvalue weighted by atomic mass is 10.2. The number of thioether (sulfide) groups is 1. The molecule has 0 aliphatic carbocycles. The lowest BCUT2D eigenvalue weighted by Gasteiger charge is -2.01. The maximum Gasteiger partial charge on any atom is 0.206 e. The van der Waals surface area contributed by atoms with E-state index in [9.17, 15) is 0 Å². The number of nitrogens with zero attached hydrogens (tertiary/aromatic N) is 3. The lowest BCUT2D eigenvalue weighted by molar-refractivity contribution is 0.995. The molecule has 0 spiro atoms. The van der Waals surface area contributed by atoms with Crippen LogP contribution >= 0.6 is 23.1 Å². The molecule has 2 aromatic carbocycles. The van der Waals surface area contributed by atoms with Gasteiger partial charge in [0.2, 0.25) is 5.13 Å². The standard InChI is InChI=1S/C17H14N4S2/c18-10-14-7-4-8-15(9-14)12-22-17-21-20-16(23-17)19-11-13-5-2-1-3-6-13/h1-9H,11-12H2,(H,19,20). The fourth-order valence-corrected chi connectivity index (χ4v) is 3.68. The molecule has 3 aromatic rings. The van der Waals surface area contributed by atoms with Gasteiger partial charge in [-0.3, -0.25) is 0 Å². The summed E-state index contributed by atoms with van der Waals surface area (Å²) >= 11 is 3.18. The normalized spacial score (nSPS) is 10.2. The first kappa shape index (κ1) is 15.5. The third-order valence-electron chi connectivity index (χ3n) is 3.11. The van der Waals surface area contributed by atoms with E-state index in [-0.39, 0.29) is 0 Å². The maximum atomic E-state index is 8.92. The van der Waals surface area contributed by atoms with Crippen molar-refractivity contribution in [3.05, 3.63) is 71.3 Å². The van der Waals surface area contributed by atoms with Gasteiger partial charge in [-0.15, -0.1) is 10.2 Å². The third kappa shape index (κ3) is 4.55. The van der Waals surface area contributed by atoms with E-state index in [1.165, 1.54) is 5.56 Å². The van der Waals surface area contributed by atoms with E-state index in [2.05, 4.69) is 33.7 Å². The number of anilines is 1. The Morgan fingerprint density at radius 2 is 1.87 bits per heavy atom. The summed E-state index contributed by atoms with van der Waals surface area (Å²) in [5.74, 6) is 0.781. The van der Waals surface area contributed by atoms with Crippen LogP contribution in [0.25, 0.3) is 0 Å². The summed E-state index contributed by atoms with van der Waals surface area (Å²) in [5, 5.41) is 21.4. The molecule has 4 nitrogen and oxygen atoms in total. The van der Waals surface area contributed by atoms with Crippen molar-refractivity contribution in [2.24, 2.45) is 0 Å². The van der Waals surface area contributed by atoms with Gasteiger partial charge in [-0.1, -0.05) is 65.6 Å². The van der Waals surface area contributed by atoms with Gasteiger partial charge in [-0.25, -0.2) is 0 Å². The topological polar surface area (TPSA) is 61.6 Å². The number of benzene rings is 2. The molecule has 1 aromatic heterocycles. The van der Waals surface area contributed by atoms with E-state index in [4.69, 9.17) is 5.26 Å². The minimum absolute atomic E-state index is 0.686. The minimum Gasteiger partial charge on any atom is -0.356 e. The van der Waals surface area contributed by atoms with E-state index in [1.54, 1.807) is 23.1 Å². The zero-order chi connectivity index (χ0) is 15.9. The van der Waals surface area contributed by atoms with Gasteiger partial charge in [0.25, 0.3) is 0 Å². The van der Waals surface area contributed by atoms with Crippen molar-refractivity contribution in [3.63, 3.8) is 0 Å². The number of hydrogen-bond donors (Lipinski definition) is 1. The first-order valence-electron chi connectivity index (χ1n) is 7.06. The zero-order valence-corrected chi connectivity index (χ0v) is 13.9. The molecular weight excluding hydrogens is 324 g/mol. The SMILES string of the molecule is N#Cc1cccc(CSc2nnc(NCc3ccccc3)s2)c1. The number of rotatable bonds is 6. The Morgan fingerprint density at radius 3 is 2.70 bits per heavy atom. The highest BCUT2D eigenvalue weighted by Crippen LogP contribution is 2.28. The number of nitriles is 1. The van der Waals surface area contributed by atoms with Crippen LogP contribution in [0.5, 0.6) is 0 Å². The molecule has 6 heteroatoms. The second-order valence-electron chi connectivity index (χ2n) is 4.81. The number of aromatic nitrogens is 2. The average Bonchev–Trinajstić information content (AvgIpc) is 3.07. The van der Waals surface area contributed by atoms with Crippen molar-refractivity contribution in [1.82, 2.24) is 10.2 Å². The second-order valence-corrected chi connectivity index (χ2v) is 7.01. The summed E-state index contributed by atoms with van der Waals surface area (Å²) in [6.07, 6.45) is 0. The van der Waals surface area contributed by atoms with Crippen LogP contribution < -0.4 is 5.32 Å². The first-order valence-corrected chi connectivity index (χ1v) is 8.87. The fraction of sp³-hybridized carbons (Fsp3) is 0.118. The fourth-order valence-electron chi connectivity index (χ4n) is 1.99. The summed E-state index contributed by atoms with van der Waals surface area (Å²) in [4.78, 5) is 0. The molecule has 3 rings (SSSR count). The van der Waals surface area contributed by atoms with Crippen LogP contribution in [0, 0.1) is 11.3 Å². The molecule has 0 radical (unpaired) electrons. The van der Waals surface area contributed by atoms with Gasteiger partial charge in [0.05, 0.1) is 11.6 Å². The van der Waals surface area contributed by atoms with E-state index in [0.29, 0.717) is 5.56 Å². The van der Waals surface area contributed by atoms with Crippen molar-refractivity contribution >= 4 is 28.2 Å². The molecule has 1 heterocycles. The van der Waals surface area contributed by atoms with Crippen LogP contribution in [-0.2, 0) is 12.3 Å². The Kier molecular flexibility index (Phi) is 5.25. The molecule has 0 fully saturated rings. The van der Waals surface area contributed by atoms with Crippen LogP contribution in [0.3, 0.4) is 0 Å². The average molecular weight is 338 g/mol. The Hall–Kier alpha value is -2.36. The van der Waals surface area contributed by atoms with Crippen LogP contribution in [0.2, 0.25) is 0 Å². The predicted octanol–water partition coefficient (Wildman–Crippen LogP) is 4.31. The highest BCUT2D eigenvalue weighted by atomic mass is 32.2. The minimum atomic E-state index is 0.686. The zero-order valence-electron chi connectivity index (χ0n) is 12.3. The van der Waals surface area contributed by atoms with Crippen molar-refractivity contribution in [2.45, 2.75) is 16.6 Å². The Labute approximate surface area is 143 Å². The van der Waals surface area contributed by atoms with Gasteiger partial charge in [0.1, 0.15) is 0 Å². The smallest absolute Gasteiger partial charge is 0.206 e. The molecule has 23 heavy (non-hydrogen) atoms. The van der Waals surface area contributed by atoms with Gasteiger partial charge in [-0.2, -0.15) is 5.26 Å². The van der Waals surface area contributed by atoms with Crippen molar-refractivity contribution in [2.75, 3.05) is 5.32 Å². The van der Waals surface area contributed by atoms with E-state index in [1.807, 2.05) is 42.5 Å². The van der Waals surface area contributed by atoms with Gasteiger partial charge in [0, 0.05) is 12.3 Å². The summed E-state index contributed by atoms with van der Waals surface area (Å²) in [6.45, 7) is 0.740. The number of nitrogens with one attached hydrogen (secondary N) is 1. The largest absolute Gasteiger partial charge is 0.356 e. The highest BCUT2D eigenvalue weighted by molar-refractivity contribution is 8.00. The molecule has 0 aliphatic heterocycles. The molecule has 0 bridgehead atoms. The van der Waals surface area contributed by atoms with Gasteiger partial charge < -0.3 is 5.32 Å². The molecule has 0 aliphatic rings. The van der Waals surface area contributed by atoms with Crippen molar-refractivity contribution < 1.29 is 0 Å². The van der Waals surface area contributed by atoms with Crippen molar-refractivity contribution in [1.29, 1.82) is 5.26 Å². The summed E-state index contributed by atoms with van der Waals surface area (Å²) < 4.78 is 0.919. The van der Waals surface area contributed by atoms with Gasteiger partial charge in [0.15, 0.2) is 4.34 Å². The van der Waals surface area contributed by atoms with Gasteiger partial charge in [-0.05, 0) is 23.3 Å². The summed E-state index contributed by atoms with van der Waals surface area (Å²) in [5.41, 5.74) is 3.01.